The van der Waals surface area contributed by atoms with Crippen LogP contribution in [0.5, 0.6) is 0 Å². The second-order valence-corrected chi connectivity index (χ2v) is 9.90. The molecule has 5 heteroatoms. The molecular formula is C28H26CrO4. The average molecular weight is 479 g/mol. The van der Waals surface area contributed by atoms with Crippen LogP contribution in [0.15, 0.2) is 121 Å². The van der Waals surface area contributed by atoms with Crippen LogP contribution < -0.4 is 0 Å². The third-order valence-corrected chi connectivity index (χ3v) is 7.51. The average Bonchev–Trinajstić information content (AvgIpc) is 2.85. The van der Waals surface area contributed by atoms with Crippen molar-refractivity contribution in [2.75, 3.05) is 0 Å². The second-order valence-electron chi connectivity index (χ2n) is 8.11. The van der Waals surface area contributed by atoms with Crippen molar-refractivity contribution in [2.45, 2.75) is 25.0 Å². The Labute approximate surface area is 197 Å². The van der Waals surface area contributed by atoms with E-state index in [1.54, 1.807) is 13.8 Å². The molecule has 0 bridgehead atoms. The molecular weight excluding hydrogens is 452 g/mol. The van der Waals surface area contributed by atoms with Gasteiger partial charge >= 0.3 is 197 Å². The monoisotopic (exact) mass is 478 g/mol. The summed E-state index contributed by atoms with van der Waals surface area (Å²) in [7, 11) is 0. The van der Waals surface area contributed by atoms with E-state index >= 15 is 0 Å². The third-order valence-electron chi connectivity index (χ3n) is 5.84. The Morgan fingerprint density at radius 3 is 0.879 bits per heavy atom. The van der Waals surface area contributed by atoms with Gasteiger partial charge in [-0.05, 0) is 0 Å². The first kappa shape index (κ1) is 23.1. The van der Waals surface area contributed by atoms with Crippen molar-refractivity contribution >= 4 is 0 Å². The molecule has 0 aromatic heterocycles. The number of benzene rings is 4. The van der Waals surface area contributed by atoms with Crippen molar-refractivity contribution in [1.82, 2.24) is 0 Å². The van der Waals surface area contributed by atoms with Crippen molar-refractivity contribution in [1.29, 1.82) is 0 Å². The number of hydrogen-bond donors (Lipinski definition) is 0. The van der Waals surface area contributed by atoms with Crippen LogP contribution in [0.4, 0.5) is 0 Å². The van der Waals surface area contributed by atoms with Crippen LogP contribution in [-0.2, 0) is 40.0 Å². The second kappa shape index (κ2) is 9.43. The molecule has 0 saturated carbocycles. The van der Waals surface area contributed by atoms with E-state index in [4.69, 9.17) is 7.58 Å². The molecule has 4 rings (SSSR count). The molecule has 0 fully saturated rings. The fraction of sp³-hybridized carbons (Fsp3) is 0.143. The van der Waals surface area contributed by atoms with Crippen molar-refractivity contribution in [3.8, 4) is 0 Å². The maximum atomic E-state index is 13.6. The summed E-state index contributed by atoms with van der Waals surface area (Å²) < 4.78 is 39.1. The van der Waals surface area contributed by atoms with E-state index in [0.717, 1.165) is 0 Å². The van der Waals surface area contributed by atoms with E-state index in [9.17, 15) is 7.61 Å². The molecule has 0 aliphatic heterocycles. The van der Waals surface area contributed by atoms with E-state index in [1.165, 1.54) is 0 Å². The standard InChI is InChI=1S/2C14H13O.Cr.2O/c2*1-14(15,12-8-4-2-5-9-12)13-10-6-3-7-11-13;;;/h2*2-11H,1H3;;;/q2*-1;+2;;. The van der Waals surface area contributed by atoms with Crippen LogP contribution >= 0.6 is 0 Å². The Morgan fingerprint density at radius 2 is 0.667 bits per heavy atom. The van der Waals surface area contributed by atoms with Crippen LogP contribution in [0.2, 0.25) is 0 Å². The SMILES string of the molecule is CC([O][Cr](=[O])(=[O])[O]C(C)(c1ccccc1)c1ccccc1)(c1ccccc1)c1ccccc1. The Kier molecular flexibility index (Phi) is 6.60. The zero-order valence-electron chi connectivity index (χ0n) is 18.6. The van der Waals surface area contributed by atoms with Crippen LogP contribution in [0.25, 0.3) is 0 Å². The quantitative estimate of drug-likeness (QED) is 0.286. The summed E-state index contributed by atoms with van der Waals surface area (Å²) >= 11 is -5.43. The molecule has 0 radical (unpaired) electrons. The molecule has 0 N–H and O–H groups in total. The first-order valence-electron chi connectivity index (χ1n) is 10.7. The Balaban J connectivity index is 1.77. The zero-order chi connectivity index (χ0) is 23.4. The van der Waals surface area contributed by atoms with Gasteiger partial charge in [-0.2, -0.15) is 0 Å². The summed E-state index contributed by atoms with van der Waals surface area (Å²) in [5, 5.41) is 0. The predicted octanol–water partition coefficient (Wildman–Crippen LogP) is 6.62. The Morgan fingerprint density at radius 1 is 0.455 bits per heavy atom. The molecule has 4 aromatic rings. The maximum absolute atomic E-state index is 13.6. The van der Waals surface area contributed by atoms with E-state index in [1.807, 2.05) is 121 Å². The van der Waals surface area contributed by atoms with Crippen LogP contribution in [0.3, 0.4) is 0 Å². The first-order chi connectivity index (χ1) is 15.8. The molecule has 0 amide bonds. The Hall–Kier alpha value is -3.07. The van der Waals surface area contributed by atoms with Crippen molar-refractivity contribution in [3.05, 3.63) is 144 Å². The zero-order valence-corrected chi connectivity index (χ0v) is 19.9. The minimum absolute atomic E-state index is 0.717. The predicted molar refractivity (Wildman–Crippen MR) is 122 cm³/mol. The van der Waals surface area contributed by atoms with Crippen LogP contribution in [0, 0.1) is 0 Å². The van der Waals surface area contributed by atoms with E-state index in [2.05, 4.69) is 0 Å². The van der Waals surface area contributed by atoms with Gasteiger partial charge in [-0.15, -0.1) is 0 Å². The van der Waals surface area contributed by atoms with Gasteiger partial charge in [0, 0.05) is 0 Å². The number of rotatable bonds is 8. The van der Waals surface area contributed by atoms with Gasteiger partial charge in [-0.25, -0.2) is 0 Å². The summed E-state index contributed by atoms with van der Waals surface area (Å²) in [6.45, 7) is 3.51. The van der Waals surface area contributed by atoms with E-state index in [-0.39, 0.29) is 0 Å². The third kappa shape index (κ3) is 4.98. The van der Waals surface area contributed by atoms with E-state index < -0.39 is 24.8 Å². The molecule has 0 saturated heterocycles. The van der Waals surface area contributed by atoms with Gasteiger partial charge in [0.05, 0.1) is 0 Å². The van der Waals surface area contributed by atoms with Gasteiger partial charge in [0.15, 0.2) is 0 Å². The Bertz CT molecular complexity index is 1100. The van der Waals surface area contributed by atoms with Gasteiger partial charge < -0.3 is 0 Å². The van der Waals surface area contributed by atoms with E-state index in [0.29, 0.717) is 22.3 Å². The molecule has 33 heavy (non-hydrogen) atoms. The molecule has 0 atom stereocenters. The van der Waals surface area contributed by atoms with Gasteiger partial charge in [0.25, 0.3) is 0 Å². The van der Waals surface area contributed by atoms with Crippen molar-refractivity contribution in [3.63, 3.8) is 0 Å². The molecule has 168 valence electrons. The molecule has 0 aliphatic carbocycles. The topological polar surface area (TPSA) is 52.6 Å². The molecule has 4 nitrogen and oxygen atoms in total. The van der Waals surface area contributed by atoms with Gasteiger partial charge in [-0.3, -0.25) is 0 Å². The molecule has 0 unspecified atom stereocenters. The van der Waals surface area contributed by atoms with Crippen LogP contribution in [0.1, 0.15) is 36.1 Å². The normalized spacial score (nSPS) is 12.4. The fourth-order valence-corrected chi connectivity index (χ4v) is 5.90. The van der Waals surface area contributed by atoms with Crippen LogP contribution in [-0.4, -0.2) is 0 Å². The summed E-state index contributed by atoms with van der Waals surface area (Å²) in [5.41, 5.74) is 0.368. The van der Waals surface area contributed by atoms with Gasteiger partial charge in [-0.1, -0.05) is 0 Å². The van der Waals surface area contributed by atoms with Crippen molar-refractivity contribution < 1.29 is 28.8 Å². The summed E-state index contributed by atoms with van der Waals surface area (Å²) in [4.78, 5) is 0. The van der Waals surface area contributed by atoms with Gasteiger partial charge in [0.2, 0.25) is 0 Å². The molecule has 0 spiro atoms. The molecule has 0 heterocycles. The summed E-state index contributed by atoms with van der Waals surface area (Å²) in [6.07, 6.45) is 0. The number of hydrogen-bond acceptors (Lipinski definition) is 4. The first-order valence-corrected chi connectivity index (χ1v) is 12.8. The molecule has 0 aliphatic rings. The van der Waals surface area contributed by atoms with Gasteiger partial charge in [0.1, 0.15) is 0 Å². The molecule has 4 aromatic carbocycles. The fourth-order valence-electron chi connectivity index (χ4n) is 3.98. The van der Waals surface area contributed by atoms with Crippen molar-refractivity contribution in [2.24, 2.45) is 0 Å². The summed E-state index contributed by atoms with van der Waals surface area (Å²) in [6, 6.07) is 37.3. The minimum atomic E-state index is -5.43. The summed E-state index contributed by atoms with van der Waals surface area (Å²) in [5.74, 6) is 0.